The Bertz CT molecular complexity index is 876. The van der Waals surface area contributed by atoms with Crippen LogP contribution in [0.2, 0.25) is 0 Å². The van der Waals surface area contributed by atoms with Crippen LogP contribution in [0.3, 0.4) is 0 Å². The van der Waals surface area contributed by atoms with Gasteiger partial charge in [-0.25, -0.2) is 4.68 Å². The number of carbonyl (C=O) groups excluding carboxylic acids is 1. The van der Waals surface area contributed by atoms with Crippen molar-refractivity contribution in [2.24, 2.45) is 0 Å². The molecule has 0 unspecified atom stereocenters. The fraction of sp³-hybridized carbons (Fsp3) is 0.111. The smallest absolute Gasteiger partial charge is 0.266 e. The molecule has 0 spiro atoms. The Morgan fingerprint density at radius 3 is 2.50 bits per heavy atom. The third-order valence-electron chi connectivity index (χ3n) is 3.49. The molecule has 120 valence electrons. The third-order valence-corrected chi connectivity index (χ3v) is 3.49. The fourth-order valence-electron chi connectivity index (χ4n) is 2.25. The lowest BCUT2D eigenvalue weighted by Gasteiger charge is -2.08. The molecule has 6 nitrogen and oxygen atoms in total. The zero-order valence-corrected chi connectivity index (χ0v) is 12.9. The van der Waals surface area contributed by atoms with E-state index in [2.05, 4.69) is 15.4 Å². The highest BCUT2D eigenvalue weighted by Crippen LogP contribution is 2.13. The van der Waals surface area contributed by atoms with Gasteiger partial charge in [0.25, 0.3) is 11.5 Å². The van der Waals surface area contributed by atoms with E-state index in [1.807, 2.05) is 30.3 Å². The van der Waals surface area contributed by atoms with E-state index in [1.165, 1.54) is 10.7 Å². The maximum absolute atomic E-state index is 12.0. The van der Waals surface area contributed by atoms with Crippen LogP contribution in [0.4, 0.5) is 0 Å². The van der Waals surface area contributed by atoms with Crippen molar-refractivity contribution in [3.8, 4) is 11.3 Å². The quantitative estimate of drug-likeness (QED) is 0.777. The highest BCUT2D eigenvalue weighted by molar-refractivity contribution is 5.93. The Labute approximate surface area is 138 Å². The van der Waals surface area contributed by atoms with E-state index < -0.39 is 0 Å². The molecule has 3 rings (SSSR count). The number of pyridine rings is 1. The van der Waals surface area contributed by atoms with Crippen LogP contribution in [0.15, 0.2) is 71.8 Å². The highest BCUT2D eigenvalue weighted by Gasteiger charge is 2.06. The summed E-state index contributed by atoms with van der Waals surface area (Å²) in [5.74, 6) is -0.204. The van der Waals surface area contributed by atoms with Crippen LogP contribution in [-0.2, 0) is 6.54 Å². The monoisotopic (exact) mass is 320 g/mol. The van der Waals surface area contributed by atoms with Crippen LogP contribution in [0.25, 0.3) is 11.3 Å². The molecule has 0 bridgehead atoms. The molecular weight excluding hydrogens is 304 g/mol. The summed E-state index contributed by atoms with van der Waals surface area (Å²) in [6, 6.07) is 16.1. The van der Waals surface area contributed by atoms with E-state index in [4.69, 9.17) is 0 Å². The minimum absolute atomic E-state index is 0.201. The number of carbonyl (C=O) groups is 1. The van der Waals surface area contributed by atoms with Crippen LogP contribution in [-0.4, -0.2) is 27.2 Å². The van der Waals surface area contributed by atoms with Gasteiger partial charge in [0.15, 0.2) is 0 Å². The number of hydrogen-bond donors (Lipinski definition) is 1. The Kier molecular flexibility index (Phi) is 4.76. The molecular formula is C18H16N4O2. The van der Waals surface area contributed by atoms with Crippen molar-refractivity contribution in [2.45, 2.75) is 6.54 Å². The lowest BCUT2D eigenvalue weighted by molar-refractivity contribution is 0.0951. The molecule has 6 heteroatoms. The molecule has 2 heterocycles. The van der Waals surface area contributed by atoms with Gasteiger partial charge in [-0.1, -0.05) is 30.3 Å². The first-order chi connectivity index (χ1) is 11.7. The Balaban J connectivity index is 1.67. The van der Waals surface area contributed by atoms with Gasteiger partial charge in [0.2, 0.25) is 0 Å². The van der Waals surface area contributed by atoms with E-state index in [-0.39, 0.29) is 11.5 Å². The molecule has 24 heavy (non-hydrogen) atoms. The maximum Gasteiger partial charge on any atom is 0.266 e. The second kappa shape index (κ2) is 7.32. The molecule has 0 atom stereocenters. The molecule has 1 N–H and O–H groups in total. The second-order valence-electron chi connectivity index (χ2n) is 5.14. The van der Waals surface area contributed by atoms with Gasteiger partial charge in [0, 0.05) is 36.1 Å². The van der Waals surface area contributed by atoms with Gasteiger partial charge in [0.05, 0.1) is 12.2 Å². The first-order valence-corrected chi connectivity index (χ1v) is 7.56. The van der Waals surface area contributed by atoms with Crippen molar-refractivity contribution in [1.82, 2.24) is 20.1 Å². The predicted molar refractivity (Wildman–Crippen MR) is 90.5 cm³/mol. The fourth-order valence-corrected chi connectivity index (χ4v) is 2.25. The molecule has 0 saturated heterocycles. The molecule has 0 fully saturated rings. The molecule has 0 aliphatic carbocycles. The van der Waals surface area contributed by atoms with Crippen LogP contribution >= 0.6 is 0 Å². The minimum atomic E-state index is -0.204. The third kappa shape index (κ3) is 3.73. The number of rotatable bonds is 5. The van der Waals surface area contributed by atoms with Gasteiger partial charge in [-0.2, -0.15) is 5.10 Å². The van der Waals surface area contributed by atoms with Gasteiger partial charge < -0.3 is 5.32 Å². The summed E-state index contributed by atoms with van der Waals surface area (Å²) in [4.78, 5) is 27.8. The normalized spacial score (nSPS) is 10.3. The summed E-state index contributed by atoms with van der Waals surface area (Å²) < 4.78 is 1.36. The number of aromatic nitrogens is 3. The largest absolute Gasteiger partial charge is 0.350 e. The van der Waals surface area contributed by atoms with E-state index in [9.17, 15) is 9.59 Å². The Morgan fingerprint density at radius 1 is 1.00 bits per heavy atom. The molecule has 3 aromatic rings. The number of nitrogens with zero attached hydrogens (tertiary/aromatic N) is 3. The van der Waals surface area contributed by atoms with Gasteiger partial charge >= 0.3 is 0 Å². The molecule has 2 aromatic heterocycles. The van der Waals surface area contributed by atoms with Crippen molar-refractivity contribution in [1.29, 1.82) is 0 Å². The lowest BCUT2D eigenvalue weighted by atomic mass is 10.1. The van der Waals surface area contributed by atoms with Gasteiger partial charge in [0.1, 0.15) is 0 Å². The second-order valence-corrected chi connectivity index (χ2v) is 5.14. The van der Waals surface area contributed by atoms with E-state index in [0.29, 0.717) is 18.7 Å². The highest BCUT2D eigenvalue weighted by atomic mass is 16.1. The van der Waals surface area contributed by atoms with Crippen LogP contribution in [0.1, 0.15) is 10.4 Å². The summed E-state index contributed by atoms with van der Waals surface area (Å²) in [6.45, 7) is 0.614. The van der Waals surface area contributed by atoms with Crippen LogP contribution in [0, 0.1) is 0 Å². The molecule has 0 saturated carbocycles. The van der Waals surface area contributed by atoms with Crippen molar-refractivity contribution in [2.75, 3.05) is 6.54 Å². The lowest BCUT2D eigenvalue weighted by Crippen LogP contribution is -2.31. The summed E-state index contributed by atoms with van der Waals surface area (Å²) in [5, 5.41) is 7.12. The standard InChI is InChI=1S/C18H16N4O2/c23-17-7-6-16(14-4-2-1-3-5-14)21-22(17)13-12-20-18(24)15-8-10-19-11-9-15/h1-11H,12-13H2,(H,20,24). The summed E-state index contributed by atoms with van der Waals surface area (Å²) >= 11 is 0. The molecule has 0 aliphatic heterocycles. The first kappa shape index (κ1) is 15.6. The summed E-state index contributed by atoms with van der Waals surface area (Å²) in [5.41, 5.74) is 1.99. The van der Waals surface area contributed by atoms with Crippen molar-refractivity contribution >= 4 is 5.91 Å². The topological polar surface area (TPSA) is 76.9 Å². The molecule has 1 aromatic carbocycles. The first-order valence-electron chi connectivity index (χ1n) is 7.56. The molecule has 0 aliphatic rings. The average Bonchev–Trinajstić information content (AvgIpc) is 2.64. The number of amides is 1. The number of nitrogens with one attached hydrogen (secondary N) is 1. The summed E-state index contributed by atoms with van der Waals surface area (Å²) in [7, 11) is 0. The SMILES string of the molecule is O=C(NCCn1nc(-c2ccccc2)ccc1=O)c1ccncc1. The van der Waals surface area contributed by atoms with E-state index >= 15 is 0 Å². The van der Waals surface area contributed by atoms with E-state index in [1.54, 1.807) is 30.6 Å². The maximum atomic E-state index is 12.0. The van der Waals surface area contributed by atoms with Crippen molar-refractivity contribution < 1.29 is 4.79 Å². The average molecular weight is 320 g/mol. The summed E-state index contributed by atoms with van der Waals surface area (Å²) in [6.07, 6.45) is 3.12. The Morgan fingerprint density at radius 2 is 1.75 bits per heavy atom. The van der Waals surface area contributed by atoms with Gasteiger partial charge in [-0.3, -0.25) is 14.6 Å². The minimum Gasteiger partial charge on any atom is -0.350 e. The van der Waals surface area contributed by atoms with E-state index in [0.717, 1.165) is 11.3 Å². The zero-order chi connectivity index (χ0) is 16.8. The number of hydrogen-bond acceptors (Lipinski definition) is 4. The van der Waals surface area contributed by atoms with Crippen LogP contribution < -0.4 is 10.9 Å². The molecule has 1 amide bonds. The number of benzene rings is 1. The van der Waals surface area contributed by atoms with Crippen molar-refractivity contribution in [3.63, 3.8) is 0 Å². The zero-order valence-electron chi connectivity index (χ0n) is 12.9. The molecule has 0 radical (unpaired) electrons. The van der Waals surface area contributed by atoms with Gasteiger partial charge in [-0.15, -0.1) is 0 Å². The predicted octanol–water partition coefficient (Wildman–Crippen LogP) is 1.74. The van der Waals surface area contributed by atoms with Crippen molar-refractivity contribution in [3.05, 3.63) is 82.9 Å². The van der Waals surface area contributed by atoms with Gasteiger partial charge in [-0.05, 0) is 18.2 Å². The Hall–Kier alpha value is -3.28. The van der Waals surface area contributed by atoms with Crippen LogP contribution in [0.5, 0.6) is 0 Å².